The molecule has 2 unspecified atom stereocenters. The van der Waals surface area contributed by atoms with Crippen LogP contribution in [0.15, 0.2) is 65.4 Å². The zero-order valence-corrected chi connectivity index (χ0v) is 18.3. The Bertz CT molecular complexity index is 872. The fourth-order valence-corrected chi connectivity index (χ4v) is 5.72. The van der Waals surface area contributed by atoms with Crippen LogP contribution < -0.4 is 10.2 Å². The number of carbonyl (C=O) groups is 1. The fourth-order valence-electron chi connectivity index (χ4n) is 4.05. The highest BCUT2D eigenvalue weighted by molar-refractivity contribution is 7.10. The van der Waals surface area contributed by atoms with E-state index >= 15 is 0 Å². The third kappa shape index (κ3) is 5.07. The van der Waals surface area contributed by atoms with Crippen molar-refractivity contribution in [1.29, 1.82) is 0 Å². The number of hydrogen-bond acceptors (Lipinski definition) is 5. The maximum atomic E-state index is 12.6. The van der Waals surface area contributed by atoms with Gasteiger partial charge in [-0.25, -0.2) is 0 Å². The van der Waals surface area contributed by atoms with Crippen LogP contribution in [0.2, 0.25) is 0 Å². The number of nitrogens with zero attached hydrogens (tertiary/aromatic N) is 2. The SMILES string of the molecule is CC(NC(=O)Cc1cccs1)C(c1cccs1)N1CCN(c2ccccc2)CC1. The Morgan fingerprint density at radius 2 is 1.69 bits per heavy atom. The summed E-state index contributed by atoms with van der Waals surface area (Å²) in [6.07, 6.45) is 0.459. The number of piperazine rings is 1. The average Bonchev–Trinajstić information content (AvgIpc) is 3.44. The van der Waals surface area contributed by atoms with Crippen molar-refractivity contribution >= 4 is 34.3 Å². The van der Waals surface area contributed by atoms with E-state index in [0.29, 0.717) is 6.42 Å². The molecule has 29 heavy (non-hydrogen) atoms. The number of para-hydroxylation sites is 1. The third-order valence-electron chi connectivity index (χ3n) is 5.44. The fraction of sp³-hybridized carbons (Fsp3) is 0.348. The van der Waals surface area contributed by atoms with Gasteiger partial charge in [-0.3, -0.25) is 9.69 Å². The maximum absolute atomic E-state index is 12.6. The van der Waals surface area contributed by atoms with Crippen LogP contribution in [0.5, 0.6) is 0 Å². The number of benzene rings is 1. The quantitative estimate of drug-likeness (QED) is 0.609. The molecule has 4 rings (SSSR count). The van der Waals surface area contributed by atoms with E-state index in [0.717, 1.165) is 31.1 Å². The summed E-state index contributed by atoms with van der Waals surface area (Å²) in [4.78, 5) is 20.0. The van der Waals surface area contributed by atoms with Crippen molar-refractivity contribution in [2.75, 3.05) is 31.1 Å². The molecule has 3 heterocycles. The standard InChI is InChI=1S/C23H27N3OS2/c1-18(24-22(27)17-20-9-5-15-28-20)23(21-10-6-16-29-21)26-13-11-25(12-14-26)19-7-3-2-4-8-19/h2-10,15-16,18,23H,11-14,17H2,1H3,(H,24,27). The molecule has 1 aromatic carbocycles. The number of anilines is 1. The molecule has 0 aliphatic carbocycles. The molecule has 0 bridgehead atoms. The molecule has 1 N–H and O–H groups in total. The first-order valence-electron chi connectivity index (χ1n) is 10.1. The van der Waals surface area contributed by atoms with Crippen LogP contribution in [0.4, 0.5) is 5.69 Å². The van der Waals surface area contributed by atoms with E-state index in [2.05, 4.69) is 69.9 Å². The highest BCUT2D eigenvalue weighted by Crippen LogP contribution is 2.30. The van der Waals surface area contributed by atoms with E-state index in [1.807, 2.05) is 17.5 Å². The molecule has 1 saturated heterocycles. The second kappa shape index (κ2) is 9.57. The van der Waals surface area contributed by atoms with E-state index in [1.54, 1.807) is 22.7 Å². The molecule has 1 aliphatic rings. The minimum absolute atomic E-state index is 0.0596. The number of thiophene rings is 2. The van der Waals surface area contributed by atoms with Gasteiger partial charge in [-0.1, -0.05) is 30.3 Å². The van der Waals surface area contributed by atoms with Crippen LogP contribution in [0.3, 0.4) is 0 Å². The summed E-state index contributed by atoms with van der Waals surface area (Å²) in [5.41, 5.74) is 1.29. The predicted molar refractivity (Wildman–Crippen MR) is 123 cm³/mol. The van der Waals surface area contributed by atoms with Crippen molar-refractivity contribution in [3.05, 3.63) is 75.1 Å². The van der Waals surface area contributed by atoms with Gasteiger partial charge < -0.3 is 10.2 Å². The zero-order valence-electron chi connectivity index (χ0n) is 16.7. The average molecular weight is 426 g/mol. The molecular weight excluding hydrogens is 398 g/mol. The lowest BCUT2D eigenvalue weighted by molar-refractivity contribution is -0.121. The van der Waals surface area contributed by atoms with E-state index in [4.69, 9.17) is 0 Å². The van der Waals surface area contributed by atoms with Crippen LogP contribution in [-0.4, -0.2) is 43.0 Å². The summed E-state index contributed by atoms with van der Waals surface area (Å²) in [6, 6.07) is 19.2. The molecule has 0 saturated carbocycles. The van der Waals surface area contributed by atoms with Crippen molar-refractivity contribution in [2.45, 2.75) is 25.4 Å². The Balaban J connectivity index is 1.42. The number of amides is 1. The van der Waals surface area contributed by atoms with Crippen LogP contribution >= 0.6 is 22.7 Å². The smallest absolute Gasteiger partial charge is 0.225 e. The van der Waals surface area contributed by atoms with Crippen molar-refractivity contribution in [2.24, 2.45) is 0 Å². The Morgan fingerprint density at radius 3 is 2.34 bits per heavy atom. The molecule has 6 heteroatoms. The first-order chi connectivity index (χ1) is 14.2. The van der Waals surface area contributed by atoms with Crippen LogP contribution in [0, 0.1) is 0 Å². The Morgan fingerprint density at radius 1 is 0.966 bits per heavy atom. The summed E-state index contributed by atoms with van der Waals surface area (Å²) in [5.74, 6) is 0.101. The first-order valence-corrected chi connectivity index (χ1v) is 11.9. The van der Waals surface area contributed by atoms with Crippen molar-refractivity contribution < 1.29 is 4.79 Å². The molecule has 1 fully saturated rings. The molecule has 0 radical (unpaired) electrons. The molecule has 2 atom stereocenters. The highest BCUT2D eigenvalue weighted by Gasteiger charge is 2.30. The van der Waals surface area contributed by atoms with E-state index < -0.39 is 0 Å². The maximum Gasteiger partial charge on any atom is 0.225 e. The molecular formula is C23H27N3OS2. The summed E-state index contributed by atoms with van der Waals surface area (Å²) < 4.78 is 0. The van der Waals surface area contributed by atoms with Gasteiger partial charge in [0, 0.05) is 47.7 Å². The van der Waals surface area contributed by atoms with Crippen LogP contribution in [0.25, 0.3) is 0 Å². The minimum Gasteiger partial charge on any atom is -0.369 e. The summed E-state index contributed by atoms with van der Waals surface area (Å²) >= 11 is 3.41. The first kappa shape index (κ1) is 20.1. The number of hydrogen-bond donors (Lipinski definition) is 1. The lowest BCUT2D eigenvalue weighted by Crippen LogP contribution is -2.52. The van der Waals surface area contributed by atoms with Gasteiger partial charge in [0.15, 0.2) is 0 Å². The predicted octanol–water partition coefficient (Wildman–Crippen LogP) is 4.42. The largest absolute Gasteiger partial charge is 0.369 e. The summed E-state index contributed by atoms with van der Waals surface area (Å²) in [6.45, 7) is 6.12. The van der Waals surface area contributed by atoms with Gasteiger partial charge in [0.1, 0.15) is 0 Å². The van der Waals surface area contributed by atoms with Crippen LogP contribution in [-0.2, 0) is 11.2 Å². The minimum atomic E-state index is 0.0596. The molecule has 4 nitrogen and oxygen atoms in total. The van der Waals surface area contributed by atoms with Crippen LogP contribution in [0.1, 0.15) is 22.7 Å². The molecule has 0 spiro atoms. The van der Waals surface area contributed by atoms with Gasteiger partial charge in [0.25, 0.3) is 0 Å². The van der Waals surface area contributed by atoms with Gasteiger partial charge in [0.05, 0.1) is 12.5 Å². The summed E-state index contributed by atoms with van der Waals surface area (Å²) in [5, 5.41) is 7.41. The van der Waals surface area contributed by atoms with E-state index in [-0.39, 0.29) is 18.0 Å². The van der Waals surface area contributed by atoms with Crippen molar-refractivity contribution in [3.8, 4) is 0 Å². The van der Waals surface area contributed by atoms with E-state index in [1.165, 1.54) is 10.6 Å². The van der Waals surface area contributed by atoms with Gasteiger partial charge in [-0.05, 0) is 41.9 Å². The third-order valence-corrected chi connectivity index (χ3v) is 7.26. The molecule has 152 valence electrons. The lowest BCUT2D eigenvalue weighted by atomic mass is 10.0. The zero-order chi connectivity index (χ0) is 20.1. The molecule has 1 amide bonds. The Hall–Kier alpha value is -2.15. The highest BCUT2D eigenvalue weighted by atomic mass is 32.1. The van der Waals surface area contributed by atoms with Crippen molar-refractivity contribution in [1.82, 2.24) is 10.2 Å². The number of nitrogens with one attached hydrogen (secondary N) is 1. The Labute approximate surface area is 180 Å². The Kier molecular flexibility index (Phi) is 6.64. The normalized spacial score (nSPS) is 17.1. The monoisotopic (exact) mass is 425 g/mol. The lowest BCUT2D eigenvalue weighted by Gasteiger charge is -2.42. The van der Waals surface area contributed by atoms with Crippen molar-refractivity contribution in [3.63, 3.8) is 0 Å². The van der Waals surface area contributed by atoms with Gasteiger partial charge in [-0.2, -0.15) is 0 Å². The number of rotatable bonds is 7. The molecule has 1 aliphatic heterocycles. The number of carbonyl (C=O) groups excluding carboxylic acids is 1. The van der Waals surface area contributed by atoms with E-state index in [9.17, 15) is 4.79 Å². The van der Waals surface area contributed by atoms with Gasteiger partial charge in [0.2, 0.25) is 5.91 Å². The molecule has 3 aromatic rings. The van der Waals surface area contributed by atoms with Gasteiger partial charge in [-0.15, -0.1) is 22.7 Å². The van der Waals surface area contributed by atoms with Gasteiger partial charge >= 0.3 is 0 Å². The topological polar surface area (TPSA) is 35.6 Å². The second-order valence-corrected chi connectivity index (χ2v) is 9.44. The second-order valence-electron chi connectivity index (χ2n) is 7.43. The molecule has 2 aromatic heterocycles. The summed E-state index contributed by atoms with van der Waals surface area (Å²) in [7, 11) is 0.